The largest absolute Gasteiger partial charge is 0.311 e. The summed E-state index contributed by atoms with van der Waals surface area (Å²) in [4.78, 5) is 47.5. The number of carbonyl (C=O) groups excluding carboxylic acids is 3. The van der Waals surface area contributed by atoms with E-state index >= 15 is 0 Å². The Balaban J connectivity index is 1.15. The third-order valence-electron chi connectivity index (χ3n) is 6.89. The Kier molecular flexibility index (Phi) is 5.12. The van der Waals surface area contributed by atoms with Gasteiger partial charge in [0.05, 0.1) is 21.7 Å². The van der Waals surface area contributed by atoms with Crippen molar-refractivity contribution >= 4 is 73.2 Å². The van der Waals surface area contributed by atoms with Gasteiger partial charge in [0.2, 0.25) is 5.91 Å². The van der Waals surface area contributed by atoms with E-state index in [4.69, 9.17) is 0 Å². The van der Waals surface area contributed by atoms with E-state index in [1.165, 1.54) is 33.6 Å². The van der Waals surface area contributed by atoms with E-state index in [1.807, 2.05) is 59.5 Å². The van der Waals surface area contributed by atoms with Crippen molar-refractivity contribution in [3.05, 3.63) is 95.6 Å². The van der Waals surface area contributed by atoms with E-state index in [-0.39, 0.29) is 17.7 Å². The van der Waals surface area contributed by atoms with Gasteiger partial charge in [0.25, 0.3) is 11.8 Å². The van der Waals surface area contributed by atoms with E-state index in [0.717, 1.165) is 32.1 Å². The number of para-hydroxylation sites is 1. The minimum atomic E-state index is -0.329. The molecule has 0 unspecified atom stereocenters. The molecule has 0 saturated heterocycles. The van der Waals surface area contributed by atoms with Crippen molar-refractivity contribution in [2.24, 2.45) is 0 Å². The van der Waals surface area contributed by atoms with Crippen LogP contribution in [0, 0.1) is 0 Å². The summed E-state index contributed by atoms with van der Waals surface area (Å²) < 4.78 is 1.64. The summed E-state index contributed by atoms with van der Waals surface area (Å²) in [6.07, 6.45) is 0.878. The number of amides is 3. The molecule has 3 amide bonds. The van der Waals surface area contributed by atoms with Gasteiger partial charge in [-0.05, 0) is 53.8 Å². The molecule has 6 nitrogen and oxygen atoms in total. The number of benzene rings is 4. The summed E-state index contributed by atoms with van der Waals surface area (Å²) in [6.45, 7) is 0.705. The highest BCUT2D eigenvalue weighted by molar-refractivity contribution is 8.01. The van der Waals surface area contributed by atoms with Gasteiger partial charge in [-0.25, -0.2) is 9.88 Å². The van der Waals surface area contributed by atoms with E-state index in [0.29, 0.717) is 34.5 Å². The van der Waals surface area contributed by atoms with Crippen LogP contribution in [0.5, 0.6) is 0 Å². The Hall–Kier alpha value is -4.01. The lowest BCUT2D eigenvalue weighted by Gasteiger charge is -2.27. The number of thioether (sulfide) groups is 1. The molecule has 4 aromatic carbocycles. The third kappa shape index (κ3) is 3.55. The Morgan fingerprint density at radius 2 is 1.68 bits per heavy atom. The van der Waals surface area contributed by atoms with Gasteiger partial charge in [0.15, 0.2) is 4.34 Å². The van der Waals surface area contributed by atoms with Crippen molar-refractivity contribution in [3.63, 3.8) is 0 Å². The van der Waals surface area contributed by atoms with Gasteiger partial charge in [0, 0.05) is 28.7 Å². The van der Waals surface area contributed by atoms with E-state index in [1.54, 1.807) is 18.2 Å². The average Bonchev–Trinajstić information content (AvgIpc) is 3.54. The molecular formula is C29H19N3O3S2. The van der Waals surface area contributed by atoms with Crippen molar-refractivity contribution in [3.8, 4) is 0 Å². The van der Waals surface area contributed by atoms with Crippen LogP contribution in [0.25, 0.3) is 21.0 Å². The highest BCUT2D eigenvalue weighted by Crippen LogP contribution is 2.37. The van der Waals surface area contributed by atoms with Crippen LogP contribution in [-0.2, 0) is 11.2 Å². The molecule has 0 atom stereocenters. The zero-order valence-electron chi connectivity index (χ0n) is 19.5. The van der Waals surface area contributed by atoms with Gasteiger partial charge in [-0.3, -0.25) is 14.4 Å². The van der Waals surface area contributed by atoms with E-state index in [9.17, 15) is 14.4 Å². The lowest BCUT2D eigenvalue weighted by molar-refractivity contribution is -0.116. The number of nitrogens with zero attached hydrogens (tertiary/aromatic N) is 3. The number of imide groups is 1. The minimum Gasteiger partial charge on any atom is -0.311 e. The first-order valence-electron chi connectivity index (χ1n) is 11.9. The highest BCUT2D eigenvalue weighted by Gasteiger charge is 2.34. The van der Waals surface area contributed by atoms with Gasteiger partial charge in [-0.15, -0.1) is 11.3 Å². The van der Waals surface area contributed by atoms with Crippen LogP contribution < -0.4 is 9.80 Å². The van der Waals surface area contributed by atoms with E-state index in [2.05, 4.69) is 11.1 Å². The molecule has 0 bridgehead atoms. The Labute approximate surface area is 220 Å². The maximum atomic E-state index is 13.4. The third-order valence-corrected chi connectivity index (χ3v) is 9.04. The highest BCUT2D eigenvalue weighted by atomic mass is 32.2. The first-order valence-corrected chi connectivity index (χ1v) is 13.7. The number of fused-ring (bicyclic) bond motifs is 2. The summed E-state index contributed by atoms with van der Waals surface area (Å²) in [5.74, 6) is -0.300. The van der Waals surface area contributed by atoms with Gasteiger partial charge in [0.1, 0.15) is 0 Å². The Bertz CT molecular complexity index is 1730. The zero-order chi connectivity index (χ0) is 25.1. The summed E-state index contributed by atoms with van der Waals surface area (Å²) in [5, 5.41) is 1.59. The predicted octanol–water partition coefficient (Wildman–Crippen LogP) is 5.93. The molecule has 0 radical (unpaired) electrons. The Morgan fingerprint density at radius 3 is 2.46 bits per heavy atom. The van der Waals surface area contributed by atoms with Crippen LogP contribution in [0.3, 0.4) is 0 Å². The van der Waals surface area contributed by atoms with Gasteiger partial charge in [-0.2, -0.15) is 0 Å². The molecule has 180 valence electrons. The first-order chi connectivity index (χ1) is 18.1. The molecule has 2 aliphatic rings. The van der Waals surface area contributed by atoms with Crippen molar-refractivity contribution in [1.29, 1.82) is 0 Å². The minimum absolute atomic E-state index is 0.0623. The molecule has 0 fully saturated rings. The molecule has 0 aliphatic carbocycles. The fourth-order valence-corrected chi connectivity index (χ4v) is 7.13. The van der Waals surface area contributed by atoms with Crippen LogP contribution in [0.2, 0.25) is 0 Å². The number of aromatic nitrogens is 1. The topological polar surface area (TPSA) is 70.6 Å². The van der Waals surface area contributed by atoms with Crippen LogP contribution >= 0.6 is 23.1 Å². The molecule has 37 heavy (non-hydrogen) atoms. The van der Waals surface area contributed by atoms with Crippen molar-refractivity contribution in [1.82, 2.24) is 4.98 Å². The monoisotopic (exact) mass is 521 g/mol. The molecule has 8 heteroatoms. The van der Waals surface area contributed by atoms with Crippen LogP contribution in [0.1, 0.15) is 26.3 Å². The Morgan fingerprint density at radius 1 is 0.919 bits per heavy atom. The molecule has 0 spiro atoms. The standard InChI is InChI=1S/C29H19N3O3S2/c33-25(31-14-13-17-5-1-2-10-23(17)31)16-36-29-30-22-12-11-19(15-24(22)37-29)32-27(34)20-8-3-6-18-7-4-9-21(26(18)20)28(32)35/h1-12,15H,13-14,16H2. The van der Waals surface area contributed by atoms with E-state index < -0.39 is 0 Å². The quantitative estimate of drug-likeness (QED) is 0.217. The fraction of sp³-hybridized carbons (Fsp3) is 0.103. The molecule has 0 saturated carbocycles. The first kappa shape index (κ1) is 22.2. The number of rotatable bonds is 4. The summed E-state index contributed by atoms with van der Waals surface area (Å²) in [5.41, 5.74) is 4.53. The van der Waals surface area contributed by atoms with Gasteiger partial charge in [-0.1, -0.05) is 54.2 Å². The molecule has 2 aliphatic heterocycles. The van der Waals surface area contributed by atoms with Gasteiger partial charge < -0.3 is 4.90 Å². The van der Waals surface area contributed by atoms with Crippen LogP contribution in [-0.4, -0.2) is 35.0 Å². The smallest absolute Gasteiger partial charge is 0.265 e. The number of hydrogen-bond donors (Lipinski definition) is 0. The van der Waals surface area contributed by atoms with Gasteiger partial charge >= 0.3 is 0 Å². The molecule has 7 rings (SSSR count). The van der Waals surface area contributed by atoms with Crippen LogP contribution in [0.15, 0.2) is 83.2 Å². The SMILES string of the molecule is O=C(CSc1nc2ccc(N3C(=O)c4cccc5cccc(c45)C3=O)cc2s1)N1CCc2ccccc21. The van der Waals surface area contributed by atoms with Crippen molar-refractivity contribution < 1.29 is 14.4 Å². The lowest BCUT2D eigenvalue weighted by Crippen LogP contribution is -2.40. The number of hydrogen-bond acceptors (Lipinski definition) is 6. The fourth-order valence-electron chi connectivity index (χ4n) is 5.16. The second kappa shape index (κ2) is 8.54. The molecule has 3 heterocycles. The number of thiazole rings is 1. The second-order valence-electron chi connectivity index (χ2n) is 9.00. The van der Waals surface area contributed by atoms with Crippen molar-refractivity contribution in [2.45, 2.75) is 10.8 Å². The number of carbonyl (C=O) groups is 3. The summed E-state index contributed by atoms with van der Waals surface area (Å²) >= 11 is 2.87. The van der Waals surface area contributed by atoms with Crippen molar-refractivity contribution in [2.75, 3.05) is 22.1 Å². The molecule has 0 N–H and O–H groups in total. The maximum absolute atomic E-state index is 13.4. The summed E-state index contributed by atoms with van der Waals surface area (Å²) in [6, 6.07) is 24.5. The number of anilines is 2. The normalized spacial score (nSPS) is 14.6. The summed E-state index contributed by atoms with van der Waals surface area (Å²) in [7, 11) is 0. The molecular weight excluding hydrogens is 502 g/mol. The molecule has 1 aromatic heterocycles. The van der Waals surface area contributed by atoms with Crippen LogP contribution in [0.4, 0.5) is 11.4 Å². The lowest BCUT2D eigenvalue weighted by atomic mass is 9.94. The average molecular weight is 522 g/mol. The second-order valence-corrected chi connectivity index (χ2v) is 11.3. The molecule has 5 aromatic rings. The zero-order valence-corrected chi connectivity index (χ0v) is 21.1. The maximum Gasteiger partial charge on any atom is 0.265 e. The predicted molar refractivity (Wildman–Crippen MR) is 148 cm³/mol.